The number of benzene rings is 3. The third-order valence-corrected chi connectivity index (χ3v) is 9.63. The van der Waals surface area contributed by atoms with Crippen LogP contribution in [0.25, 0.3) is 16.9 Å². The number of nitrogens with zero attached hydrogens (tertiary/aromatic N) is 4. The number of carbonyl (C=O) groups excluding carboxylic acids is 2. The molecule has 6 nitrogen and oxygen atoms in total. The van der Waals surface area contributed by atoms with E-state index in [2.05, 4.69) is 6.92 Å². The summed E-state index contributed by atoms with van der Waals surface area (Å²) in [5.41, 5.74) is 5.02. The highest BCUT2D eigenvalue weighted by atomic mass is 32.2. The normalized spacial score (nSPS) is 17.6. The van der Waals surface area contributed by atoms with Crippen molar-refractivity contribution in [2.75, 3.05) is 30.3 Å². The first kappa shape index (κ1) is 29.1. The molecule has 2 aliphatic heterocycles. The largest absolute Gasteiger partial charge is 0.341 e. The van der Waals surface area contributed by atoms with E-state index < -0.39 is 16.9 Å². The molecule has 6 rings (SSSR count). The van der Waals surface area contributed by atoms with Crippen LogP contribution in [0.4, 0.5) is 14.6 Å². The molecule has 1 fully saturated rings. The number of piperidine rings is 1. The smallest absolute Gasteiger partial charge is 0.242 e. The third kappa shape index (κ3) is 5.70. The van der Waals surface area contributed by atoms with Gasteiger partial charge in [-0.25, -0.2) is 13.5 Å². The summed E-state index contributed by atoms with van der Waals surface area (Å²) in [4.78, 5) is 31.0. The number of likely N-dealkylation sites (tertiary alicyclic amines) is 1. The molecule has 1 aromatic heterocycles. The molecule has 222 valence electrons. The molecular formula is C34H34F2N4O2S. The Morgan fingerprint density at radius 1 is 1.00 bits per heavy atom. The summed E-state index contributed by atoms with van der Waals surface area (Å²) < 4.78 is 31.2. The predicted molar refractivity (Wildman–Crippen MR) is 166 cm³/mol. The zero-order valence-corrected chi connectivity index (χ0v) is 25.3. The summed E-state index contributed by atoms with van der Waals surface area (Å²) in [7, 11) is 0. The molecule has 1 saturated heterocycles. The number of hydrogen-bond donors (Lipinski definition) is 0. The van der Waals surface area contributed by atoms with E-state index >= 15 is 4.39 Å². The lowest BCUT2D eigenvalue weighted by molar-refractivity contribution is -0.132. The van der Waals surface area contributed by atoms with Crippen molar-refractivity contribution >= 4 is 29.4 Å². The number of thioether (sulfide) groups is 1. The number of anilines is 1. The number of amides is 2. The Balaban J connectivity index is 1.59. The van der Waals surface area contributed by atoms with Gasteiger partial charge in [-0.1, -0.05) is 61.0 Å². The molecule has 43 heavy (non-hydrogen) atoms. The standard InChI is InChI=1S/C34H34F2N4O2S/c1-21-13-15-38(16-14-21)29(41)19-39-30(42)20-43-33(26-11-10-25(35)18-27(26)36)31-32(24-7-5-4-6-8-24)37-40(34(31)39)28-12-9-22(2)17-23(28)3/h4-12,17-18,21,33H,13-16,19-20H2,1-3H3. The Morgan fingerprint density at radius 3 is 2.44 bits per heavy atom. The predicted octanol–water partition coefficient (Wildman–Crippen LogP) is 6.86. The topological polar surface area (TPSA) is 58.4 Å². The van der Waals surface area contributed by atoms with Crippen molar-refractivity contribution in [3.63, 3.8) is 0 Å². The van der Waals surface area contributed by atoms with Crippen LogP contribution in [-0.2, 0) is 9.59 Å². The average molecular weight is 601 g/mol. The van der Waals surface area contributed by atoms with Crippen molar-refractivity contribution in [2.24, 2.45) is 5.92 Å². The Bertz CT molecular complexity index is 1680. The van der Waals surface area contributed by atoms with Crippen molar-refractivity contribution in [1.29, 1.82) is 0 Å². The summed E-state index contributed by atoms with van der Waals surface area (Å²) in [5.74, 6) is -0.750. The lowest BCUT2D eigenvalue weighted by Gasteiger charge is -2.32. The summed E-state index contributed by atoms with van der Waals surface area (Å²) in [6, 6.07) is 19.1. The fourth-order valence-electron chi connectivity index (χ4n) is 5.99. The molecular weight excluding hydrogens is 566 g/mol. The van der Waals surface area contributed by atoms with Gasteiger partial charge in [0.2, 0.25) is 11.8 Å². The van der Waals surface area contributed by atoms with Crippen molar-refractivity contribution in [2.45, 2.75) is 38.9 Å². The third-order valence-electron chi connectivity index (χ3n) is 8.39. The Morgan fingerprint density at radius 2 is 1.74 bits per heavy atom. The van der Waals surface area contributed by atoms with Gasteiger partial charge in [-0.15, -0.1) is 11.8 Å². The van der Waals surface area contributed by atoms with Gasteiger partial charge >= 0.3 is 0 Å². The highest BCUT2D eigenvalue weighted by Crippen LogP contribution is 2.49. The van der Waals surface area contributed by atoms with E-state index in [0.717, 1.165) is 41.3 Å². The molecule has 3 heterocycles. The fraction of sp³-hybridized carbons (Fsp3) is 0.324. The molecule has 0 saturated carbocycles. The molecule has 2 aliphatic rings. The van der Waals surface area contributed by atoms with Crippen LogP contribution in [0.3, 0.4) is 0 Å². The van der Waals surface area contributed by atoms with Gasteiger partial charge < -0.3 is 4.90 Å². The van der Waals surface area contributed by atoms with Gasteiger partial charge in [0.15, 0.2) is 0 Å². The van der Waals surface area contributed by atoms with Crippen LogP contribution in [0.5, 0.6) is 0 Å². The molecule has 4 aromatic rings. The van der Waals surface area contributed by atoms with Gasteiger partial charge in [-0.2, -0.15) is 5.10 Å². The number of halogens is 2. The van der Waals surface area contributed by atoms with E-state index in [0.29, 0.717) is 36.1 Å². The maximum atomic E-state index is 15.5. The van der Waals surface area contributed by atoms with E-state index in [1.54, 1.807) is 4.68 Å². The molecule has 9 heteroatoms. The average Bonchev–Trinajstić information content (AvgIpc) is 3.30. The summed E-state index contributed by atoms with van der Waals surface area (Å²) in [6.45, 7) is 7.33. The molecule has 0 bridgehead atoms. The second-order valence-corrected chi connectivity index (χ2v) is 12.6. The maximum absolute atomic E-state index is 15.5. The van der Waals surface area contributed by atoms with Gasteiger partial charge in [-0.3, -0.25) is 14.5 Å². The SMILES string of the molecule is Cc1ccc(-n2nc(-c3ccccc3)c3c2N(CC(=O)N2CCC(C)CC2)C(=O)CSC3c2ccc(F)cc2F)c(C)c1. The van der Waals surface area contributed by atoms with Crippen LogP contribution in [-0.4, -0.2) is 51.9 Å². The number of carbonyl (C=O) groups is 2. The molecule has 3 aromatic carbocycles. The zero-order chi connectivity index (χ0) is 30.2. The second kappa shape index (κ2) is 12.0. The van der Waals surface area contributed by atoms with Crippen molar-refractivity contribution in [3.05, 3.63) is 101 Å². The lowest BCUT2D eigenvalue weighted by Crippen LogP contribution is -2.46. The number of hydrogen-bond acceptors (Lipinski definition) is 4. The summed E-state index contributed by atoms with van der Waals surface area (Å²) in [6.07, 6.45) is 1.84. The highest BCUT2D eigenvalue weighted by Gasteiger charge is 2.39. The monoisotopic (exact) mass is 600 g/mol. The van der Waals surface area contributed by atoms with Gasteiger partial charge in [0.1, 0.15) is 24.0 Å². The molecule has 0 spiro atoms. The quantitative estimate of drug-likeness (QED) is 0.251. The van der Waals surface area contributed by atoms with Crippen LogP contribution in [0.1, 0.15) is 47.3 Å². The molecule has 0 aliphatic carbocycles. The Kier molecular flexibility index (Phi) is 8.09. The number of fused-ring (bicyclic) bond motifs is 1. The summed E-state index contributed by atoms with van der Waals surface area (Å²) >= 11 is 1.27. The number of rotatable bonds is 5. The van der Waals surface area contributed by atoms with Gasteiger partial charge in [0.05, 0.1) is 22.4 Å². The van der Waals surface area contributed by atoms with Crippen LogP contribution < -0.4 is 4.90 Å². The minimum atomic E-state index is -0.693. The molecule has 1 unspecified atom stereocenters. The van der Waals surface area contributed by atoms with E-state index in [4.69, 9.17) is 5.10 Å². The van der Waals surface area contributed by atoms with E-state index in [9.17, 15) is 14.0 Å². The first-order chi connectivity index (χ1) is 20.7. The van der Waals surface area contributed by atoms with E-state index in [1.165, 1.54) is 28.8 Å². The zero-order valence-electron chi connectivity index (χ0n) is 24.5. The van der Waals surface area contributed by atoms with Crippen LogP contribution in [0.15, 0.2) is 66.7 Å². The molecule has 0 radical (unpaired) electrons. The Labute approximate surface area is 254 Å². The number of aromatic nitrogens is 2. The first-order valence-corrected chi connectivity index (χ1v) is 15.7. The molecule has 1 atom stereocenters. The minimum absolute atomic E-state index is 0.0155. The maximum Gasteiger partial charge on any atom is 0.242 e. The van der Waals surface area contributed by atoms with Gasteiger partial charge in [0.25, 0.3) is 0 Å². The number of aryl methyl sites for hydroxylation is 2. The van der Waals surface area contributed by atoms with E-state index in [1.807, 2.05) is 67.3 Å². The Hall–Kier alpha value is -3.98. The molecule has 2 amide bonds. The van der Waals surface area contributed by atoms with Crippen LogP contribution >= 0.6 is 11.8 Å². The van der Waals surface area contributed by atoms with Crippen molar-refractivity contribution in [3.8, 4) is 16.9 Å². The minimum Gasteiger partial charge on any atom is -0.341 e. The lowest BCUT2D eigenvalue weighted by atomic mass is 9.98. The van der Waals surface area contributed by atoms with Crippen LogP contribution in [0.2, 0.25) is 0 Å². The van der Waals surface area contributed by atoms with Crippen molar-refractivity contribution in [1.82, 2.24) is 14.7 Å². The van der Waals surface area contributed by atoms with E-state index in [-0.39, 0.29) is 29.7 Å². The van der Waals surface area contributed by atoms with Crippen molar-refractivity contribution < 1.29 is 18.4 Å². The van der Waals surface area contributed by atoms with Crippen LogP contribution in [0, 0.1) is 31.4 Å². The van der Waals surface area contributed by atoms with Gasteiger partial charge in [0, 0.05) is 35.8 Å². The molecule has 0 N–H and O–H groups in total. The fourth-order valence-corrected chi connectivity index (χ4v) is 7.21. The van der Waals surface area contributed by atoms with Gasteiger partial charge in [-0.05, 0) is 50.3 Å². The summed E-state index contributed by atoms with van der Waals surface area (Å²) in [5, 5.41) is 4.41. The highest BCUT2D eigenvalue weighted by molar-refractivity contribution is 8.00. The first-order valence-electron chi connectivity index (χ1n) is 14.6. The second-order valence-electron chi connectivity index (χ2n) is 11.6.